The number of alkyl halides is 3. The number of benzene rings is 1. The van der Waals surface area contributed by atoms with Crippen molar-refractivity contribution in [3.8, 4) is 11.1 Å². The Morgan fingerprint density at radius 1 is 1.19 bits per heavy atom. The van der Waals surface area contributed by atoms with E-state index in [1.165, 1.54) is 17.9 Å². The van der Waals surface area contributed by atoms with E-state index in [1.54, 1.807) is 13.0 Å². The number of halogens is 3. The molecule has 0 radical (unpaired) electrons. The summed E-state index contributed by atoms with van der Waals surface area (Å²) in [4.78, 5) is 16.3. The maximum absolute atomic E-state index is 13.6. The van der Waals surface area contributed by atoms with Gasteiger partial charge in [-0.2, -0.15) is 23.4 Å². The fourth-order valence-corrected chi connectivity index (χ4v) is 6.12. The molecule has 4 aliphatic heterocycles. The molecule has 1 aromatic carbocycles. The molecule has 192 valence electrons. The van der Waals surface area contributed by atoms with E-state index < -0.39 is 11.9 Å². The average Bonchev–Trinajstić information content (AvgIpc) is 3.62. The predicted octanol–water partition coefficient (Wildman–Crippen LogP) is 3.12. The fourth-order valence-electron chi connectivity index (χ4n) is 6.12. The van der Waals surface area contributed by atoms with Crippen LogP contribution in [-0.2, 0) is 29.2 Å². The van der Waals surface area contributed by atoms with Crippen LogP contribution in [0.2, 0.25) is 0 Å². The summed E-state index contributed by atoms with van der Waals surface area (Å²) in [6.07, 6.45) is -0.600. The SMILES string of the molecule is CC(=O)N1CCC2C(C1)C(N1CCc3cc(-c4cn(C)nc4C(F)(F)F)ccc31)=NN2[C@@H]1CCOC1. The lowest BCUT2D eigenvalue weighted by Crippen LogP contribution is -2.53. The van der Waals surface area contributed by atoms with Crippen LogP contribution in [-0.4, -0.2) is 76.4 Å². The number of carbonyl (C=O) groups excluding carboxylic acids is 1. The van der Waals surface area contributed by atoms with Crippen LogP contribution >= 0.6 is 0 Å². The van der Waals surface area contributed by atoms with Crippen molar-refractivity contribution < 1.29 is 22.7 Å². The molecule has 0 saturated carbocycles. The maximum atomic E-state index is 13.6. The van der Waals surface area contributed by atoms with Crippen molar-refractivity contribution in [2.45, 2.75) is 44.4 Å². The molecule has 0 N–H and O–H groups in total. The van der Waals surface area contributed by atoms with Crippen molar-refractivity contribution in [2.75, 3.05) is 37.7 Å². The van der Waals surface area contributed by atoms with E-state index in [2.05, 4.69) is 15.0 Å². The van der Waals surface area contributed by atoms with Gasteiger partial charge in [-0.15, -0.1) is 0 Å². The van der Waals surface area contributed by atoms with Crippen molar-refractivity contribution in [1.82, 2.24) is 19.7 Å². The Hall–Kier alpha value is -3.08. The minimum Gasteiger partial charge on any atom is -0.379 e. The summed E-state index contributed by atoms with van der Waals surface area (Å²) >= 11 is 0. The van der Waals surface area contributed by atoms with E-state index >= 15 is 0 Å². The largest absolute Gasteiger partial charge is 0.435 e. The maximum Gasteiger partial charge on any atom is 0.435 e. The molecule has 2 aromatic rings. The number of hydrogen-bond acceptors (Lipinski definition) is 6. The van der Waals surface area contributed by atoms with E-state index in [1.807, 2.05) is 17.0 Å². The van der Waals surface area contributed by atoms with E-state index in [0.29, 0.717) is 31.7 Å². The van der Waals surface area contributed by atoms with Gasteiger partial charge < -0.3 is 14.5 Å². The smallest absolute Gasteiger partial charge is 0.379 e. The Balaban J connectivity index is 1.33. The van der Waals surface area contributed by atoms with Gasteiger partial charge in [-0.25, -0.2) is 0 Å². The van der Waals surface area contributed by atoms with Crippen molar-refractivity contribution in [2.24, 2.45) is 18.1 Å². The first-order chi connectivity index (χ1) is 17.2. The summed E-state index contributed by atoms with van der Waals surface area (Å²) < 4.78 is 47.5. The number of piperidine rings is 1. The number of hydrogen-bond donors (Lipinski definition) is 0. The van der Waals surface area contributed by atoms with Crippen LogP contribution in [0, 0.1) is 5.92 Å². The van der Waals surface area contributed by atoms with Crippen LogP contribution in [0.5, 0.6) is 0 Å². The number of aromatic nitrogens is 2. The van der Waals surface area contributed by atoms with Crippen LogP contribution in [0.1, 0.15) is 31.0 Å². The average molecular weight is 503 g/mol. The molecule has 0 bridgehead atoms. The summed E-state index contributed by atoms with van der Waals surface area (Å²) in [6, 6.07) is 5.93. The number of anilines is 1. The Morgan fingerprint density at radius 3 is 2.75 bits per heavy atom. The Kier molecular flexibility index (Phi) is 5.51. The second-order valence-corrected chi connectivity index (χ2v) is 10.1. The molecule has 6 rings (SSSR count). The number of fused-ring (bicyclic) bond motifs is 2. The minimum absolute atomic E-state index is 0.0684. The molecule has 0 spiro atoms. The van der Waals surface area contributed by atoms with Gasteiger partial charge in [-0.05, 0) is 42.5 Å². The van der Waals surface area contributed by atoms with Crippen LogP contribution < -0.4 is 4.90 Å². The van der Waals surface area contributed by atoms with Crippen molar-refractivity contribution in [3.05, 3.63) is 35.7 Å². The number of amidine groups is 1. The second-order valence-electron chi connectivity index (χ2n) is 10.1. The van der Waals surface area contributed by atoms with E-state index in [9.17, 15) is 18.0 Å². The second kappa shape index (κ2) is 8.50. The minimum atomic E-state index is -4.52. The van der Waals surface area contributed by atoms with Crippen LogP contribution in [0.15, 0.2) is 29.5 Å². The molecule has 11 heteroatoms. The first kappa shape index (κ1) is 23.3. The molecule has 4 aliphatic rings. The number of aryl methyl sites for hydroxylation is 1. The zero-order valence-corrected chi connectivity index (χ0v) is 20.3. The highest BCUT2D eigenvalue weighted by atomic mass is 19.4. The summed E-state index contributed by atoms with van der Waals surface area (Å²) in [6.45, 7) is 5.03. The number of rotatable bonds is 2. The molecule has 2 fully saturated rings. The quantitative estimate of drug-likeness (QED) is 0.632. The molecule has 8 nitrogen and oxygen atoms in total. The number of ether oxygens (including phenoxy) is 1. The monoisotopic (exact) mass is 502 g/mol. The third kappa shape index (κ3) is 3.84. The third-order valence-electron chi connectivity index (χ3n) is 7.85. The van der Waals surface area contributed by atoms with E-state index in [-0.39, 0.29) is 29.5 Å². The van der Waals surface area contributed by atoms with Gasteiger partial charge in [-0.3, -0.25) is 14.5 Å². The van der Waals surface area contributed by atoms with Crippen LogP contribution in [0.25, 0.3) is 11.1 Å². The Bertz CT molecular complexity index is 1220. The Labute approximate surface area is 207 Å². The normalized spacial score (nSPS) is 25.9. The molecule has 5 heterocycles. The molecule has 0 aliphatic carbocycles. The number of nitrogens with zero attached hydrogens (tertiary/aromatic N) is 6. The molecule has 2 saturated heterocycles. The van der Waals surface area contributed by atoms with Gasteiger partial charge in [-0.1, -0.05) is 6.07 Å². The third-order valence-corrected chi connectivity index (χ3v) is 7.85. The van der Waals surface area contributed by atoms with Gasteiger partial charge in [0.15, 0.2) is 5.69 Å². The summed E-state index contributed by atoms with van der Waals surface area (Å²) in [5.74, 6) is 1.10. The highest BCUT2D eigenvalue weighted by molar-refractivity contribution is 6.03. The van der Waals surface area contributed by atoms with Crippen LogP contribution in [0.4, 0.5) is 18.9 Å². The Morgan fingerprint density at radius 2 is 2.03 bits per heavy atom. The van der Waals surface area contributed by atoms with Gasteiger partial charge in [0.1, 0.15) is 5.84 Å². The summed E-state index contributed by atoms with van der Waals surface area (Å²) in [7, 11) is 1.50. The predicted molar refractivity (Wildman–Crippen MR) is 127 cm³/mol. The molecular formula is C25H29F3N6O2. The summed E-state index contributed by atoms with van der Waals surface area (Å²) in [5, 5.41) is 11.0. The molecule has 1 aromatic heterocycles. The standard InChI is InChI=1S/C25H29F3N6O2/c1-15(35)32-8-6-22-20(13-32)24(30-34(22)18-7-10-36-14-18)33-9-5-17-11-16(3-4-21(17)33)19-12-31(2)29-23(19)25(26,27)28/h3-4,11-12,18,20,22H,5-10,13-14H2,1-2H3/t18-,20?,22?/m1/s1. The van der Waals surface area contributed by atoms with Gasteiger partial charge >= 0.3 is 6.18 Å². The molecule has 3 atom stereocenters. The van der Waals surface area contributed by atoms with Crippen molar-refractivity contribution >= 4 is 17.4 Å². The van der Waals surface area contributed by atoms with Gasteiger partial charge in [0.05, 0.1) is 24.6 Å². The zero-order chi connectivity index (χ0) is 25.2. The van der Waals surface area contributed by atoms with E-state index in [4.69, 9.17) is 9.84 Å². The number of hydrazone groups is 1. The number of amides is 1. The zero-order valence-electron chi connectivity index (χ0n) is 20.3. The van der Waals surface area contributed by atoms with E-state index in [0.717, 1.165) is 43.1 Å². The molecule has 36 heavy (non-hydrogen) atoms. The fraction of sp³-hybridized carbons (Fsp3) is 0.560. The molecular weight excluding hydrogens is 473 g/mol. The lowest BCUT2D eigenvalue weighted by Gasteiger charge is -2.39. The van der Waals surface area contributed by atoms with Crippen molar-refractivity contribution in [1.29, 1.82) is 0 Å². The number of likely N-dealkylation sites (tertiary alicyclic amines) is 1. The molecule has 1 amide bonds. The number of carbonyl (C=O) groups is 1. The molecule has 2 unspecified atom stereocenters. The van der Waals surface area contributed by atoms with Crippen molar-refractivity contribution in [3.63, 3.8) is 0 Å². The highest BCUT2D eigenvalue weighted by Crippen LogP contribution is 2.41. The summed E-state index contributed by atoms with van der Waals surface area (Å²) in [5.41, 5.74) is 1.68. The lowest BCUT2D eigenvalue weighted by atomic mass is 9.90. The first-order valence-electron chi connectivity index (χ1n) is 12.4. The topological polar surface area (TPSA) is 66.2 Å². The van der Waals surface area contributed by atoms with Gasteiger partial charge in [0.2, 0.25) is 5.91 Å². The van der Waals surface area contributed by atoms with Gasteiger partial charge in [0.25, 0.3) is 0 Å². The van der Waals surface area contributed by atoms with Gasteiger partial charge in [0, 0.05) is 57.7 Å². The first-order valence-corrected chi connectivity index (χ1v) is 12.4. The highest BCUT2D eigenvalue weighted by Gasteiger charge is 2.47. The lowest BCUT2D eigenvalue weighted by molar-refractivity contribution is -0.141. The van der Waals surface area contributed by atoms with Crippen LogP contribution in [0.3, 0.4) is 0 Å².